The first-order valence-electron chi connectivity index (χ1n) is 10.5. The molecule has 1 aromatic heterocycles. The zero-order valence-electron chi connectivity index (χ0n) is 17.7. The monoisotopic (exact) mass is 455 g/mol. The number of pyridine rings is 1. The number of carbonyl (C=O) groups is 1. The van der Waals surface area contributed by atoms with Gasteiger partial charge in [-0.2, -0.15) is 0 Å². The molecule has 168 valence electrons. The third-order valence-electron chi connectivity index (χ3n) is 5.67. The van der Waals surface area contributed by atoms with Gasteiger partial charge >= 0.3 is 0 Å². The molecule has 1 amide bonds. The van der Waals surface area contributed by atoms with Crippen LogP contribution in [-0.4, -0.2) is 32.5 Å². The maximum absolute atomic E-state index is 13.0. The number of benzene rings is 2. The van der Waals surface area contributed by atoms with E-state index in [0.29, 0.717) is 17.0 Å². The number of anilines is 1. The zero-order valence-corrected chi connectivity index (χ0v) is 18.5. The largest absolute Gasteiger partial charge is 0.497 e. The van der Waals surface area contributed by atoms with Gasteiger partial charge in [0.2, 0.25) is 5.43 Å². The Morgan fingerprint density at radius 3 is 2.62 bits per heavy atom. The van der Waals surface area contributed by atoms with Crippen LogP contribution in [0, 0.1) is 0 Å². The minimum absolute atomic E-state index is 0.0293. The number of rotatable bonds is 6. The number of H-pyrrole nitrogens is 1. The molecule has 8 nitrogen and oxygen atoms in total. The predicted molar refractivity (Wildman–Crippen MR) is 123 cm³/mol. The van der Waals surface area contributed by atoms with Gasteiger partial charge in [-0.25, -0.2) is 8.42 Å². The lowest BCUT2D eigenvalue weighted by Gasteiger charge is -2.22. The standard InChI is InChI=1S/C23H25N3O5S/c1-31-17-9-5-8-16(12-17)26-32(29,30)18-10-11-21-19(13-18)22(27)20(14-24-21)23(28)25-15-6-3-2-4-7-15/h5,8-15,26H,2-4,6-7H2,1H3,(H,24,27)(H,25,28). The third kappa shape index (κ3) is 4.62. The van der Waals surface area contributed by atoms with E-state index in [1.165, 1.54) is 31.5 Å². The lowest BCUT2D eigenvalue weighted by Crippen LogP contribution is -2.38. The molecule has 1 aliphatic rings. The van der Waals surface area contributed by atoms with Crippen LogP contribution in [0.2, 0.25) is 0 Å². The molecule has 4 rings (SSSR count). The van der Waals surface area contributed by atoms with E-state index in [9.17, 15) is 18.0 Å². The van der Waals surface area contributed by atoms with Crippen LogP contribution < -0.4 is 20.2 Å². The van der Waals surface area contributed by atoms with Crippen molar-refractivity contribution >= 4 is 32.5 Å². The van der Waals surface area contributed by atoms with E-state index < -0.39 is 21.4 Å². The van der Waals surface area contributed by atoms with Crippen LogP contribution in [-0.2, 0) is 10.0 Å². The highest BCUT2D eigenvalue weighted by Crippen LogP contribution is 2.22. The molecule has 1 heterocycles. The summed E-state index contributed by atoms with van der Waals surface area (Å²) in [5.74, 6) is 0.0663. The van der Waals surface area contributed by atoms with Crippen molar-refractivity contribution < 1.29 is 17.9 Å². The molecule has 0 unspecified atom stereocenters. The highest BCUT2D eigenvalue weighted by atomic mass is 32.2. The van der Waals surface area contributed by atoms with E-state index in [1.54, 1.807) is 24.3 Å². The number of fused-ring (bicyclic) bond motifs is 1. The number of methoxy groups -OCH3 is 1. The summed E-state index contributed by atoms with van der Waals surface area (Å²) in [6, 6.07) is 10.8. The molecular weight excluding hydrogens is 430 g/mol. The van der Waals surface area contributed by atoms with Crippen LogP contribution in [0.5, 0.6) is 5.75 Å². The molecule has 0 atom stereocenters. The van der Waals surface area contributed by atoms with Gasteiger partial charge in [-0.3, -0.25) is 14.3 Å². The van der Waals surface area contributed by atoms with E-state index in [0.717, 1.165) is 32.1 Å². The number of ether oxygens (including phenoxy) is 1. The van der Waals surface area contributed by atoms with Gasteiger partial charge in [-0.1, -0.05) is 25.3 Å². The smallest absolute Gasteiger partial charge is 0.261 e. The Morgan fingerprint density at radius 2 is 1.88 bits per heavy atom. The van der Waals surface area contributed by atoms with E-state index >= 15 is 0 Å². The lowest BCUT2D eigenvalue weighted by molar-refractivity contribution is 0.0926. The molecule has 0 aliphatic heterocycles. The molecule has 0 radical (unpaired) electrons. The SMILES string of the molecule is COc1cccc(NS(=O)(=O)c2ccc3[nH]cc(C(=O)NC4CCCCC4)c(=O)c3c2)c1. The highest BCUT2D eigenvalue weighted by Gasteiger charge is 2.21. The van der Waals surface area contributed by atoms with E-state index in [4.69, 9.17) is 4.74 Å². The van der Waals surface area contributed by atoms with Gasteiger partial charge < -0.3 is 15.0 Å². The van der Waals surface area contributed by atoms with E-state index in [-0.39, 0.29) is 21.9 Å². The number of amides is 1. The summed E-state index contributed by atoms with van der Waals surface area (Å²) >= 11 is 0. The summed E-state index contributed by atoms with van der Waals surface area (Å²) in [4.78, 5) is 28.6. The normalized spacial score (nSPS) is 14.8. The molecule has 3 N–H and O–H groups in total. The highest BCUT2D eigenvalue weighted by molar-refractivity contribution is 7.92. The van der Waals surface area contributed by atoms with Gasteiger partial charge in [0.1, 0.15) is 11.3 Å². The van der Waals surface area contributed by atoms with Crippen molar-refractivity contribution in [2.45, 2.75) is 43.0 Å². The van der Waals surface area contributed by atoms with Crippen LogP contribution in [0.3, 0.4) is 0 Å². The number of nitrogens with one attached hydrogen (secondary N) is 3. The Hall–Kier alpha value is -3.33. The molecule has 0 spiro atoms. The predicted octanol–water partition coefficient (Wildman–Crippen LogP) is 3.40. The van der Waals surface area contributed by atoms with Crippen molar-refractivity contribution in [1.82, 2.24) is 10.3 Å². The Morgan fingerprint density at radius 1 is 1.09 bits per heavy atom. The van der Waals surface area contributed by atoms with Gasteiger partial charge in [-0.15, -0.1) is 0 Å². The van der Waals surface area contributed by atoms with Crippen molar-refractivity contribution in [1.29, 1.82) is 0 Å². The second kappa shape index (κ2) is 9.04. The minimum atomic E-state index is -3.96. The summed E-state index contributed by atoms with van der Waals surface area (Å²) < 4.78 is 33.4. The molecule has 32 heavy (non-hydrogen) atoms. The van der Waals surface area contributed by atoms with Gasteiger partial charge in [-0.05, 0) is 43.2 Å². The fourth-order valence-electron chi connectivity index (χ4n) is 3.94. The number of hydrogen-bond donors (Lipinski definition) is 3. The van der Waals surface area contributed by atoms with Gasteiger partial charge in [0, 0.05) is 29.2 Å². The fraction of sp³-hybridized carbons (Fsp3) is 0.304. The molecule has 9 heteroatoms. The van der Waals surface area contributed by atoms with Crippen molar-refractivity contribution in [3.63, 3.8) is 0 Å². The first kappa shape index (κ1) is 21.9. The molecule has 1 aliphatic carbocycles. The molecule has 0 bridgehead atoms. The molecule has 1 saturated carbocycles. The third-order valence-corrected chi connectivity index (χ3v) is 7.05. The van der Waals surface area contributed by atoms with Crippen molar-refractivity contribution in [3.8, 4) is 5.75 Å². The Kier molecular flexibility index (Phi) is 6.18. The van der Waals surface area contributed by atoms with Crippen LogP contribution in [0.4, 0.5) is 5.69 Å². The number of hydrogen-bond acceptors (Lipinski definition) is 5. The minimum Gasteiger partial charge on any atom is -0.497 e. The van der Waals surface area contributed by atoms with Crippen LogP contribution in [0.1, 0.15) is 42.5 Å². The summed E-state index contributed by atoms with van der Waals surface area (Å²) in [6.07, 6.45) is 6.45. The Labute approximate surface area is 186 Å². The average molecular weight is 456 g/mol. The number of carbonyl (C=O) groups excluding carboxylic acids is 1. The van der Waals surface area contributed by atoms with Crippen molar-refractivity contribution in [3.05, 3.63) is 64.4 Å². The lowest BCUT2D eigenvalue weighted by atomic mass is 9.95. The average Bonchev–Trinajstić information content (AvgIpc) is 2.79. The van der Waals surface area contributed by atoms with Gasteiger partial charge in [0.15, 0.2) is 0 Å². The van der Waals surface area contributed by atoms with Crippen molar-refractivity contribution in [2.75, 3.05) is 11.8 Å². The molecule has 1 fully saturated rings. The van der Waals surface area contributed by atoms with Crippen LogP contribution >= 0.6 is 0 Å². The van der Waals surface area contributed by atoms with Gasteiger partial charge in [0.25, 0.3) is 15.9 Å². The first-order valence-corrected chi connectivity index (χ1v) is 12.0. The summed E-state index contributed by atoms with van der Waals surface area (Å²) in [7, 11) is -2.47. The Balaban J connectivity index is 1.64. The number of aromatic nitrogens is 1. The number of sulfonamides is 1. The molecule has 2 aromatic carbocycles. The maximum Gasteiger partial charge on any atom is 0.261 e. The second-order valence-corrected chi connectivity index (χ2v) is 9.57. The summed E-state index contributed by atoms with van der Waals surface area (Å²) in [5.41, 5.74) is 0.243. The van der Waals surface area contributed by atoms with Crippen LogP contribution in [0.15, 0.2) is 58.4 Å². The van der Waals surface area contributed by atoms with Crippen LogP contribution in [0.25, 0.3) is 10.9 Å². The summed E-state index contributed by atoms with van der Waals surface area (Å²) in [5, 5.41) is 3.06. The summed E-state index contributed by atoms with van der Waals surface area (Å²) in [6.45, 7) is 0. The fourth-order valence-corrected chi connectivity index (χ4v) is 5.02. The van der Waals surface area contributed by atoms with Gasteiger partial charge in [0.05, 0.1) is 17.7 Å². The van der Waals surface area contributed by atoms with Crippen molar-refractivity contribution in [2.24, 2.45) is 0 Å². The maximum atomic E-state index is 13.0. The van der Waals surface area contributed by atoms with E-state index in [2.05, 4.69) is 15.0 Å². The zero-order chi connectivity index (χ0) is 22.7. The Bertz CT molecular complexity index is 1310. The molecule has 0 saturated heterocycles. The second-order valence-electron chi connectivity index (χ2n) is 7.88. The molecular formula is C23H25N3O5S. The first-order chi connectivity index (χ1) is 15.4. The molecule has 3 aromatic rings. The van der Waals surface area contributed by atoms with E-state index in [1.807, 2.05) is 0 Å². The quantitative estimate of drug-likeness (QED) is 0.527. The topological polar surface area (TPSA) is 117 Å². The number of aromatic amines is 1.